The van der Waals surface area contributed by atoms with Gasteiger partial charge in [-0.2, -0.15) is 11.8 Å². The molecule has 0 spiro atoms. The average Bonchev–Trinajstić information content (AvgIpc) is 2.49. The van der Waals surface area contributed by atoms with Gasteiger partial charge in [-0.1, -0.05) is 19.9 Å². The average molecular weight is 311 g/mol. The summed E-state index contributed by atoms with van der Waals surface area (Å²) in [6.45, 7) is 9.69. The summed E-state index contributed by atoms with van der Waals surface area (Å²) in [7, 11) is 0. The van der Waals surface area contributed by atoms with E-state index in [2.05, 4.69) is 31.3 Å². The first-order valence-corrected chi connectivity index (χ1v) is 9.14. The number of hydrogen-bond donors (Lipinski definition) is 1. The van der Waals surface area contributed by atoms with Crippen LogP contribution in [0, 0.1) is 0 Å². The zero-order valence-electron chi connectivity index (χ0n) is 13.6. The molecule has 0 atom stereocenters. The van der Waals surface area contributed by atoms with Gasteiger partial charge in [-0.3, -0.25) is 0 Å². The molecule has 1 N–H and O–H groups in total. The van der Waals surface area contributed by atoms with Crippen LogP contribution >= 0.6 is 11.8 Å². The Morgan fingerprint density at radius 1 is 1.10 bits per heavy atom. The maximum Gasteiger partial charge on any atom is 0.161 e. The van der Waals surface area contributed by atoms with Crippen molar-refractivity contribution >= 4 is 11.8 Å². The highest BCUT2D eigenvalue weighted by molar-refractivity contribution is 7.99. The van der Waals surface area contributed by atoms with Gasteiger partial charge in [0.15, 0.2) is 11.5 Å². The Balaban J connectivity index is 2.52. The van der Waals surface area contributed by atoms with E-state index < -0.39 is 0 Å². The molecule has 0 bridgehead atoms. The molecule has 0 aliphatic heterocycles. The lowest BCUT2D eigenvalue weighted by Crippen LogP contribution is -2.14. The molecule has 0 amide bonds. The highest BCUT2D eigenvalue weighted by Crippen LogP contribution is 2.28. The summed E-state index contributed by atoms with van der Waals surface area (Å²) >= 11 is 1.95. The van der Waals surface area contributed by atoms with Crippen LogP contribution in [0.15, 0.2) is 18.2 Å². The fourth-order valence-electron chi connectivity index (χ4n) is 1.95. The molecule has 0 radical (unpaired) electrons. The van der Waals surface area contributed by atoms with Crippen molar-refractivity contribution in [1.29, 1.82) is 0 Å². The van der Waals surface area contributed by atoms with Gasteiger partial charge in [-0.15, -0.1) is 0 Å². The third kappa shape index (κ3) is 7.63. The lowest BCUT2D eigenvalue weighted by atomic mass is 10.2. The smallest absolute Gasteiger partial charge is 0.161 e. The van der Waals surface area contributed by atoms with E-state index >= 15 is 0 Å². The SMILES string of the molecule is CCCNCc1ccc(OCCCSCC)c(OCC)c1. The monoisotopic (exact) mass is 311 g/mol. The van der Waals surface area contributed by atoms with Crippen molar-refractivity contribution in [2.24, 2.45) is 0 Å². The molecule has 21 heavy (non-hydrogen) atoms. The van der Waals surface area contributed by atoms with E-state index in [4.69, 9.17) is 9.47 Å². The topological polar surface area (TPSA) is 30.5 Å². The molecule has 3 nitrogen and oxygen atoms in total. The summed E-state index contributed by atoms with van der Waals surface area (Å²) in [4.78, 5) is 0. The first-order chi connectivity index (χ1) is 10.3. The van der Waals surface area contributed by atoms with E-state index in [1.54, 1.807) is 0 Å². The van der Waals surface area contributed by atoms with Gasteiger partial charge in [-0.05, 0) is 55.5 Å². The van der Waals surface area contributed by atoms with Crippen molar-refractivity contribution in [1.82, 2.24) is 5.32 Å². The van der Waals surface area contributed by atoms with Crippen LogP contribution in [0.3, 0.4) is 0 Å². The molecule has 4 heteroatoms. The third-order valence-corrected chi connectivity index (χ3v) is 3.94. The summed E-state index contributed by atoms with van der Waals surface area (Å²) in [5, 5.41) is 3.41. The van der Waals surface area contributed by atoms with E-state index in [1.807, 2.05) is 24.8 Å². The lowest BCUT2D eigenvalue weighted by molar-refractivity contribution is 0.277. The van der Waals surface area contributed by atoms with Crippen molar-refractivity contribution in [3.05, 3.63) is 23.8 Å². The molecule has 0 saturated heterocycles. The van der Waals surface area contributed by atoms with Crippen molar-refractivity contribution in [3.63, 3.8) is 0 Å². The Morgan fingerprint density at radius 3 is 2.67 bits per heavy atom. The van der Waals surface area contributed by atoms with Gasteiger partial charge in [-0.25, -0.2) is 0 Å². The van der Waals surface area contributed by atoms with E-state index in [0.29, 0.717) is 6.61 Å². The molecule has 1 aromatic rings. The number of rotatable bonds is 12. The highest BCUT2D eigenvalue weighted by Gasteiger charge is 2.06. The van der Waals surface area contributed by atoms with Crippen molar-refractivity contribution in [2.75, 3.05) is 31.3 Å². The van der Waals surface area contributed by atoms with Gasteiger partial charge in [0.2, 0.25) is 0 Å². The largest absolute Gasteiger partial charge is 0.490 e. The molecule has 0 unspecified atom stereocenters. The van der Waals surface area contributed by atoms with Gasteiger partial charge < -0.3 is 14.8 Å². The number of ether oxygens (including phenoxy) is 2. The predicted molar refractivity (Wildman–Crippen MR) is 92.7 cm³/mol. The van der Waals surface area contributed by atoms with E-state index in [-0.39, 0.29) is 0 Å². The summed E-state index contributed by atoms with van der Waals surface area (Å²) in [5.41, 5.74) is 1.24. The van der Waals surface area contributed by atoms with Crippen LogP contribution in [-0.2, 0) is 6.54 Å². The summed E-state index contributed by atoms with van der Waals surface area (Å²) in [6.07, 6.45) is 2.22. The molecule has 1 rings (SSSR count). The van der Waals surface area contributed by atoms with Crippen molar-refractivity contribution in [2.45, 2.75) is 40.2 Å². The Kier molecular flexibility index (Phi) is 10.2. The minimum Gasteiger partial charge on any atom is -0.490 e. The van der Waals surface area contributed by atoms with Crippen LogP contribution in [0.2, 0.25) is 0 Å². The van der Waals surface area contributed by atoms with Crippen molar-refractivity contribution in [3.8, 4) is 11.5 Å². The van der Waals surface area contributed by atoms with E-state index in [1.165, 1.54) is 11.3 Å². The van der Waals surface area contributed by atoms with Crippen LogP contribution in [0.5, 0.6) is 11.5 Å². The molecular weight excluding hydrogens is 282 g/mol. The quantitative estimate of drug-likeness (QED) is 0.589. The Morgan fingerprint density at radius 2 is 1.95 bits per heavy atom. The minimum absolute atomic E-state index is 0.661. The number of hydrogen-bond acceptors (Lipinski definition) is 4. The number of nitrogens with one attached hydrogen (secondary N) is 1. The maximum atomic E-state index is 5.86. The fraction of sp³-hybridized carbons (Fsp3) is 0.647. The van der Waals surface area contributed by atoms with Gasteiger partial charge in [0.1, 0.15) is 0 Å². The van der Waals surface area contributed by atoms with Gasteiger partial charge in [0.25, 0.3) is 0 Å². The Bertz CT molecular complexity index is 385. The molecule has 0 aliphatic carbocycles. The highest BCUT2D eigenvalue weighted by atomic mass is 32.2. The van der Waals surface area contributed by atoms with Crippen LogP contribution in [-0.4, -0.2) is 31.3 Å². The third-order valence-electron chi connectivity index (χ3n) is 2.96. The number of thioether (sulfide) groups is 1. The molecule has 1 aromatic carbocycles. The zero-order valence-corrected chi connectivity index (χ0v) is 14.4. The first-order valence-electron chi connectivity index (χ1n) is 7.98. The molecule has 120 valence electrons. The number of benzene rings is 1. The second-order valence-electron chi connectivity index (χ2n) is 4.79. The standard InChI is InChI=1S/C17H29NO2S/c1-4-10-18-14-15-8-9-16(17(13-15)19-5-2)20-11-7-12-21-6-3/h8-9,13,18H,4-7,10-12,14H2,1-3H3. The van der Waals surface area contributed by atoms with Crippen LogP contribution in [0.4, 0.5) is 0 Å². The molecule has 0 fully saturated rings. The van der Waals surface area contributed by atoms with E-state index in [9.17, 15) is 0 Å². The zero-order chi connectivity index (χ0) is 15.3. The molecule has 0 aromatic heterocycles. The second kappa shape index (κ2) is 11.8. The maximum absolute atomic E-state index is 5.86. The molecular formula is C17H29NO2S. The van der Waals surface area contributed by atoms with Crippen LogP contribution in [0.25, 0.3) is 0 Å². The molecule has 0 aliphatic rings. The van der Waals surface area contributed by atoms with Gasteiger partial charge in [0, 0.05) is 6.54 Å². The van der Waals surface area contributed by atoms with Gasteiger partial charge in [0.05, 0.1) is 13.2 Å². The summed E-state index contributed by atoms with van der Waals surface area (Å²) in [6, 6.07) is 6.23. The van der Waals surface area contributed by atoms with Gasteiger partial charge >= 0.3 is 0 Å². The first kappa shape index (κ1) is 18.2. The summed E-state index contributed by atoms with van der Waals surface area (Å²) in [5.74, 6) is 4.04. The molecule has 0 saturated carbocycles. The van der Waals surface area contributed by atoms with Crippen LogP contribution < -0.4 is 14.8 Å². The van der Waals surface area contributed by atoms with E-state index in [0.717, 1.165) is 49.8 Å². The fourth-order valence-corrected chi connectivity index (χ4v) is 2.56. The van der Waals surface area contributed by atoms with Crippen molar-refractivity contribution < 1.29 is 9.47 Å². The second-order valence-corrected chi connectivity index (χ2v) is 6.18. The normalized spacial score (nSPS) is 10.6. The summed E-state index contributed by atoms with van der Waals surface area (Å²) < 4.78 is 11.6. The Labute approximate surface area is 133 Å². The minimum atomic E-state index is 0.661. The predicted octanol–water partition coefficient (Wildman–Crippen LogP) is 4.11. The lowest BCUT2D eigenvalue weighted by Gasteiger charge is -2.13. The molecule has 0 heterocycles. The Hall–Kier alpha value is -0.870. The van der Waals surface area contributed by atoms with Crippen LogP contribution in [0.1, 0.15) is 39.2 Å².